The van der Waals surface area contributed by atoms with Crippen LogP contribution in [0.2, 0.25) is 0 Å². The number of aryl methyl sites for hydroxylation is 1. The molecule has 0 radical (unpaired) electrons. The van der Waals surface area contributed by atoms with Crippen LogP contribution in [0.4, 0.5) is 5.82 Å². The minimum absolute atomic E-state index is 0.741. The molecule has 0 bridgehead atoms. The van der Waals surface area contributed by atoms with Crippen LogP contribution in [0.15, 0.2) is 22.9 Å². The van der Waals surface area contributed by atoms with Crippen molar-refractivity contribution in [2.75, 3.05) is 5.73 Å². The van der Waals surface area contributed by atoms with Gasteiger partial charge in [0.2, 0.25) is 0 Å². The van der Waals surface area contributed by atoms with Crippen molar-refractivity contribution in [2.24, 2.45) is 0 Å². The molecule has 2 N–H and O–H groups in total. The van der Waals surface area contributed by atoms with Gasteiger partial charge in [0.05, 0.1) is 0 Å². The Kier molecular flexibility index (Phi) is 4.58. The number of pyridine rings is 1. The fourth-order valence-corrected chi connectivity index (χ4v) is 2.52. The number of hydrogen-bond donors (Lipinski definition) is 1. The number of rotatable bonds is 5. The number of nitrogens with zero attached hydrogens (tertiary/aromatic N) is 3. The summed E-state index contributed by atoms with van der Waals surface area (Å²) in [6.07, 6.45) is 6.63. The van der Waals surface area contributed by atoms with E-state index in [1.165, 1.54) is 0 Å². The maximum Gasteiger partial charge on any atom is 0.131 e. The van der Waals surface area contributed by atoms with Gasteiger partial charge in [-0.1, -0.05) is 13.8 Å². The Morgan fingerprint density at radius 2 is 2.05 bits per heavy atom. The van der Waals surface area contributed by atoms with Crippen LogP contribution in [-0.2, 0) is 13.0 Å². The van der Waals surface area contributed by atoms with Gasteiger partial charge in [-0.25, -0.2) is 4.98 Å². The van der Waals surface area contributed by atoms with Crippen molar-refractivity contribution in [3.8, 4) is 11.3 Å². The molecular weight excluding hydrogens is 304 g/mol. The maximum absolute atomic E-state index is 6.26. The number of imidazole rings is 1. The number of nitrogens with two attached hydrogens (primary N) is 1. The maximum atomic E-state index is 6.26. The lowest BCUT2D eigenvalue weighted by molar-refractivity contribution is 0.637. The molecule has 0 atom stereocenters. The normalized spacial score (nSPS) is 10.9. The third-order valence-electron chi connectivity index (χ3n) is 2.98. The van der Waals surface area contributed by atoms with Crippen molar-refractivity contribution in [2.45, 2.75) is 39.7 Å². The van der Waals surface area contributed by atoms with Gasteiger partial charge in [-0.3, -0.25) is 4.98 Å². The van der Waals surface area contributed by atoms with E-state index in [2.05, 4.69) is 39.3 Å². The molecular formula is C14H19BrN4. The molecule has 0 unspecified atom stereocenters. The summed E-state index contributed by atoms with van der Waals surface area (Å²) < 4.78 is 3.06. The zero-order valence-corrected chi connectivity index (χ0v) is 12.9. The summed E-state index contributed by atoms with van der Waals surface area (Å²) in [5.41, 5.74) is 8.06. The van der Waals surface area contributed by atoms with E-state index < -0.39 is 0 Å². The molecule has 2 aromatic heterocycles. The lowest BCUT2D eigenvalue weighted by atomic mass is 10.2. The number of halogens is 1. The highest BCUT2D eigenvalue weighted by atomic mass is 79.9. The van der Waals surface area contributed by atoms with Gasteiger partial charge in [0, 0.05) is 35.4 Å². The van der Waals surface area contributed by atoms with Crippen molar-refractivity contribution in [1.29, 1.82) is 0 Å². The fraction of sp³-hybridized carbons (Fsp3) is 0.429. The molecule has 0 saturated carbocycles. The number of aromatic nitrogens is 3. The Hall–Kier alpha value is -1.36. The molecule has 2 aromatic rings. The first-order valence-corrected chi connectivity index (χ1v) is 7.42. The van der Waals surface area contributed by atoms with Crippen LogP contribution < -0.4 is 5.73 Å². The van der Waals surface area contributed by atoms with Crippen molar-refractivity contribution >= 4 is 21.7 Å². The highest BCUT2D eigenvalue weighted by Gasteiger charge is 2.15. The quantitative estimate of drug-likeness (QED) is 0.914. The van der Waals surface area contributed by atoms with E-state index in [1.54, 1.807) is 12.4 Å². The van der Waals surface area contributed by atoms with Gasteiger partial charge in [-0.2, -0.15) is 0 Å². The van der Waals surface area contributed by atoms with Crippen LogP contribution in [0.1, 0.15) is 32.5 Å². The van der Waals surface area contributed by atoms with Gasteiger partial charge in [-0.15, -0.1) is 0 Å². The van der Waals surface area contributed by atoms with E-state index in [1.807, 2.05) is 6.07 Å². The average molecular weight is 323 g/mol. The van der Waals surface area contributed by atoms with Crippen LogP contribution in [-0.4, -0.2) is 14.5 Å². The van der Waals surface area contributed by atoms with Gasteiger partial charge < -0.3 is 10.3 Å². The molecule has 0 fully saturated rings. The molecule has 5 heteroatoms. The molecule has 0 aliphatic heterocycles. The third kappa shape index (κ3) is 2.97. The highest BCUT2D eigenvalue weighted by molar-refractivity contribution is 9.10. The highest BCUT2D eigenvalue weighted by Crippen LogP contribution is 2.28. The minimum atomic E-state index is 0.741. The molecule has 0 amide bonds. The lowest BCUT2D eigenvalue weighted by Crippen LogP contribution is -2.06. The van der Waals surface area contributed by atoms with Crippen molar-refractivity contribution in [3.05, 3.63) is 28.8 Å². The monoisotopic (exact) mass is 322 g/mol. The molecule has 0 spiro atoms. The summed E-state index contributed by atoms with van der Waals surface area (Å²) in [5, 5.41) is 0. The molecule has 0 aromatic carbocycles. The van der Waals surface area contributed by atoms with Crippen LogP contribution in [0.25, 0.3) is 11.3 Å². The van der Waals surface area contributed by atoms with Crippen LogP contribution in [0.5, 0.6) is 0 Å². The van der Waals surface area contributed by atoms with E-state index in [0.29, 0.717) is 0 Å². The predicted molar refractivity (Wildman–Crippen MR) is 81.9 cm³/mol. The molecule has 0 saturated heterocycles. The topological polar surface area (TPSA) is 56.7 Å². The summed E-state index contributed by atoms with van der Waals surface area (Å²) in [5.74, 6) is 1.81. The van der Waals surface area contributed by atoms with Gasteiger partial charge in [0.15, 0.2) is 0 Å². The molecule has 0 aliphatic carbocycles. The van der Waals surface area contributed by atoms with Crippen LogP contribution in [0.3, 0.4) is 0 Å². The van der Waals surface area contributed by atoms with Gasteiger partial charge >= 0.3 is 0 Å². The number of nitrogen functional groups attached to an aromatic ring is 1. The molecule has 2 heterocycles. The van der Waals surface area contributed by atoms with E-state index in [9.17, 15) is 0 Å². The molecule has 4 nitrogen and oxygen atoms in total. The first kappa shape index (κ1) is 14.1. The zero-order valence-electron chi connectivity index (χ0n) is 11.4. The molecule has 19 heavy (non-hydrogen) atoms. The summed E-state index contributed by atoms with van der Waals surface area (Å²) in [6, 6.07) is 2.00. The molecule has 2 rings (SSSR count). The average Bonchev–Trinajstić information content (AvgIpc) is 2.69. The number of hydrogen-bond acceptors (Lipinski definition) is 3. The Labute approximate surface area is 122 Å². The van der Waals surface area contributed by atoms with Crippen LogP contribution in [0, 0.1) is 0 Å². The van der Waals surface area contributed by atoms with Crippen molar-refractivity contribution in [1.82, 2.24) is 14.5 Å². The van der Waals surface area contributed by atoms with E-state index in [0.717, 1.165) is 53.2 Å². The third-order valence-corrected chi connectivity index (χ3v) is 3.42. The Bertz CT molecular complexity index is 563. The number of anilines is 1. The van der Waals surface area contributed by atoms with E-state index in [-0.39, 0.29) is 0 Å². The van der Waals surface area contributed by atoms with E-state index in [4.69, 9.17) is 10.7 Å². The SMILES string of the molecule is CCCc1nc(-c2cncc(Br)c2)c(N)n1CCC. The Morgan fingerprint density at radius 3 is 2.68 bits per heavy atom. The minimum Gasteiger partial charge on any atom is -0.383 e. The Balaban J connectivity index is 2.49. The lowest BCUT2D eigenvalue weighted by Gasteiger charge is -2.07. The Morgan fingerprint density at radius 1 is 1.26 bits per heavy atom. The van der Waals surface area contributed by atoms with Gasteiger partial charge in [-0.05, 0) is 34.8 Å². The van der Waals surface area contributed by atoms with E-state index >= 15 is 0 Å². The molecule has 102 valence electrons. The largest absolute Gasteiger partial charge is 0.383 e. The van der Waals surface area contributed by atoms with Crippen LogP contribution >= 0.6 is 15.9 Å². The second-order valence-corrected chi connectivity index (χ2v) is 5.47. The molecule has 0 aliphatic rings. The van der Waals surface area contributed by atoms with Crippen molar-refractivity contribution in [3.63, 3.8) is 0 Å². The van der Waals surface area contributed by atoms with Gasteiger partial charge in [0.1, 0.15) is 17.3 Å². The summed E-state index contributed by atoms with van der Waals surface area (Å²) in [7, 11) is 0. The van der Waals surface area contributed by atoms with Gasteiger partial charge in [0.25, 0.3) is 0 Å². The smallest absolute Gasteiger partial charge is 0.131 e. The predicted octanol–water partition coefficient (Wildman–Crippen LogP) is 3.65. The second kappa shape index (κ2) is 6.19. The second-order valence-electron chi connectivity index (χ2n) is 4.56. The zero-order chi connectivity index (χ0) is 13.8. The first-order chi connectivity index (χ1) is 9.17. The fourth-order valence-electron chi connectivity index (χ4n) is 2.15. The standard InChI is InChI=1S/C14H19BrN4/c1-3-5-12-18-13(14(16)19(12)6-4-2)10-7-11(15)9-17-8-10/h7-9H,3-6,16H2,1-2H3. The summed E-state index contributed by atoms with van der Waals surface area (Å²) in [4.78, 5) is 8.89. The first-order valence-electron chi connectivity index (χ1n) is 6.63. The van der Waals surface area contributed by atoms with Crippen molar-refractivity contribution < 1.29 is 0 Å². The summed E-state index contributed by atoms with van der Waals surface area (Å²) >= 11 is 3.43. The summed E-state index contributed by atoms with van der Waals surface area (Å²) in [6.45, 7) is 5.21.